The van der Waals surface area contributed by atoms with Crippen molar-refractivity contribution in [2.45, 2.75) is 225 Å². The van der Waals surface area contributed by atoms with E-state index in [4.69, 9.17) is 4.74 Å². The minimum absolute atomic E-state index is 0.0477. The zero-order valence-electron chi connectivity index (χ0n) is 34.2. The van der Waals surface area contributed by atoms with Gasteiger partial charge in [-0.25, -0.2) is 0 Å². The Labute approximate surface area is 321 Å². The number of allylic oxidation sites excluding steroid dienone is 8. The van der Waals surface area contributed by atoms with Crippen molar-refractivity contribution in [1.82, 2.24) is 5.32 Å². The van der Waals surface area contributed by atoms with Gasteiger partial charge in [0.1, 0.15) is 6.10 Å². The minimum Gasteiger partial charge on any atom is -0.462 e. The standard InChI is InChI=1S/C46H83NO5/c1-4-7-10-13-16-19-21-22-24-27-30-33-36-39-46(51)52-42(37-34-31-28-26-23-20-17-14-11-8-5-2)40-45(50)47-43(41-48)44(49)38-35-32-29-25-18-15-12-9-6-3/h7,10,13,16,19,21,26,28,42-44,48-49H,4-6,8-9,11-12,14-15,17-18,20,22-25,27,29-41H2,1-3H3,(H,47,50)/b10-7+,16-13+,21-19-,28-26-. The zero-order valence-corrected chi connectivity index (χ0v) is 34.2. The van der Waals surface area contributed by atoms with Crippen LogP contribution in [0.15, 0.2) is 48.6 Å². The molecule has 1 amide bonds. The monoisotopic (exact) mass is 730 g/mol. The van der Waals surface area contributed by atoms with Crippen LogP contribution in [-0.2, 0) is 14.3 Å². The van der Waals surface area contributed by atoms with Crippen molar-refractivity contribution in [1.29, 1.82) is 0 Å². The summed E-state index contributed by atoms with van der Waals surface area (Å²) < 4.78 is 5.86. The predicted octanol–water partition coefficient (Wildman–Crippen LogP) is 12.3. The van der Waals surface area contributed by atoms with Gasteiger partial charge in [0.05, 0.1) is 25.2 Å². The number of carbonyl (C=O) groups excluding carboxylic acids is 2. The number of hydrogen-bond acceptors (Lipinski definition) is 5. The summed E-state index contributed by atoms with van der Waals surface area (Å²) in [6, 6.07) is -0.710. The quantitative estimate of drug-likeness (QED) is 0.0254. The van der Waals surface area contributed by atoms with Gasteiger partial charge in [0.2, 0.25) is 5.91 Å². The van der Waals surface area contributed by atoms with Gasteiger partial charge >= 0.3 is 5.97 Å². The van der Waals surface area contributed by atoms with Crippen LogP contribution in [0.5, 0.6) is 0 Å². The first-order valence-corrected chi connectivity index (χ1v) is 21.9. The molecule has 52 heavy (non-hydrogen) atoms. The molecule has 0 aromatic heterocycles. The molecule has 0 aliphatic rings. The molecule has 0 saturated carbocycles. The van der Waals surface area contributed by atoms with Gasteiger partial charge in [-0.15, -0.1) is 0 Å². The highest BCUT2D eigenvalue weighted by atomic mass is 16.5. The highest BCUT2D eigenvalue weighted by Crippen LogP contribution is 2.16. The van der Waals surface area contributed by atoms with Crippen molar-refractivity contribution < 1.29 is 24.5 Å². The topological polar surface area (TPSA) is 95.9 Å². The van der Waals surface area contributed by atoms with Crippen LogP contribution in [0, 0.1) is 0 Å². The molecule has 0 rings (SSSR count). The summed E-state index contributed by atoms with van der Waals surface area (Å²) in [4.78, 5) is 25.9. The number of nitrogens with one attached hydrogen (secondary N) is 1. The number of rotatable bonds is 38. The molecule has 0 aliphatic carbocycles. The lowest BCUT2D eigenvalue weighted by atomic mass is 10.0. The van der Waals surface area contributed by atoms with Crippen LogP contribution in [0.1, 0.15) is 207 Å². The molecule has 0 fully saturated rings. The van der Waals surface area contributed by atoms with E-state index < -0.39 is 18.2 Å². The van der Waals surface area contributed by atoms with Gasteiger partial charge < -0.3 is 20.3 Å². The lowest BCUT2D eigenvalue weighted by Crippen LogP contribution is -2.46. The normalized spacial score (nSPS) is 13.9. The largest absolute Gasteiger partial charge is 0.462 e. The number of aliphatic hydroxyl groups excluding tert-OH is 2. The highest BCUT2D eigenvalue weighted by Gasteiger charge is 2.24. The molecular formula is C46H83NO5. The number of ether oxygens (including phenoxy) is 1. The molecule has 6 nitrogen and oxygen atoms in total. The van der Waals surface area contributed by atoms with Gasteiger partial charge in [0, 0.05) is 6.42 Å². The van der Waals surface area contributed by atoms with Crippen molar-refractivity contribution in [3.05, 3.63) is 48.6 Å². The van der Waals surface area contributed by atoms with E-state index in [1.54, 1.807) is 0 Å². The summed E-state index contributed by atoms with van der Waals surface area (Å²) >= 11 is 0. The summed E-state index contributed by atoms with van der Waals surface area (Å²) in [5.74, 6) is -0.532. The Kier molecular flexibility index (Phi) is 38.3. The second kappa shape index (κ2) is 40.0. The molecule has 3 atom stereocenters. The van der Waals surface area contributed by atoms with Crippen molar-refractivity contribution in [3.63, 3.8) is 0 Å². The van der Waals surface area contributed by atoms with E-state index >= 15 is 0 Å². The van der Waals surface area contributed by atoms with E-state index in [0.717, 1.165) is 83.5 Å². The van der Waals surface area contributed by atoms with Crippen LogP contribution in [0.4, 0.5) is 0 Å². The Hall–Kier alpha value is -2.18. The van der Waals surface area contributed by atoms with Gasteiger partial charge in [0.15, 0.2) is 0 Å². The second-order valence-corrected chi connectivity index (χ2v) is 14.8. The Morgan fingerprint density at radius 2 is 1.08 bits per heavy atom. The van der Waals surface area contributed by atoms with Crippen molar-refractivity contribution in [2.75, 3.05) is 6.61 Å². The first kappa shape index (κ1) is 49.8. The van der Waals surface area contributed by atoms with Crippen LogP contribution >= 0.6 is 0 Å². The van der Waals surface area contributed by atoms with E-state index in [1.165, 1.54) is 77.0 Å². The number of hydrogen-bond donors (Lipinski definition) is 3. The summed E-state index contributed by atoms with van der Waals surface area (Å²) in [5, 5.41) is 23.5. The molecule has 3 unspecified atom stereocenters. The predicted molar refractivity (Wildman–Crippen MR) is 222 cm³/mol. The lowest BCUT2D eigenvalue weighted by Gasteiger charge is -2.24. The molecule has 0 radical (unpaired) electrons. The average Bonchev–Trinajstić information content (AvgIpc) is 3.13. The molecule has 0 spiro atoms. The summed E-state index contributed by atoms with van der Waals surface area (Å²) in [6.45, 7) is 6.29. The fourth-order valence-electron chi connectivity index (χ4n) is 6.37. The minimum atomic E-state index is -0.794. The fraction of sp³-hybridized carbons (Fsp3) is 0.783. The average molecular weight is 730 g/mol. The third-order valence-corrected chi connectivity index (χ3v) is 9.70. The molecule has 0 aromatic carbocycles. The van der Waals surface area contributed by atoms with Crippen LogP contribution < -0.4 is 5.32 Å². The van der Waals surface area contributed by atoms with Crippen molar-refractivity contribution in [3.8, 4) is 0 Å². The van der Waals surface area contributed by atoms with Crippen molar-refractivity contribution in [2.24, 2.45) is 0 Å². The maximum Gasteiger partial charge on any atom is 0.306 e. The maximum absolute atomic E-state index is 13.1. The van der Waals surface area contributed by atoms with Gasteiger partial charge in [0.25, 0.3) is 0 Å². The number of aliphatic hydroxyl groups is 2. The number of amides is 1. The van der Waals surface area contributed by atoms with E-state index in [0.29, 0.717) is 19.3 Å². The van der Waals surface area contributed by atoms with Crippen LogP contribution in [0.3, 0.4) is 0 Å². The molecule has 0 aromatic rings. The first-order chi connectivity index (χ1) is 25.5. The first-order valence-electron chi connectivity index (χ1n) is 21.9. The Balaban J connectivity index is 4.67. The van der Waals surface area contributed by atoms with E-state index in [-0.39, 0.29) is 24.9 Å². The van der Waals surface area contributed by atoms with Gasteiger partial charge in [-0.3, -0.25) is 9.59 Å². The molecule has 0 aliphatic heterocycles. The van der Waals surface area contributed by atoms with E-state index in [9.17, 15) is 19.8 Å². The van der Waals surface area contributed by atoms with E-state index in [2.05, 4.69) is 74.7 Å². The SMILES string of the molecule is CC/C=C/C=C/C=C\CCCCCCCC(=O)OC(CCC/C=C\CCCCCCCC)CC(=O)NC(CO)C(O)CCCCCCCCCCC. The molecule has 6 heteroatoms. The van der Waals surface area contributed by atoms with E-state index in [1.807, 2.05) is 0 Å². The summed E-state index contributed by atoms with van der Waals surface area (Å²) in [5.41, 5.74) is 0. The molecule has 0 saturated heterocycles. The molecular weight excluding hydrogens is 647 g/mol. The van der Waals surface area contributed by atoms with Gasteiger partial charge in [-0.2, -0.15) is 0 Å². The van der Waals surface area contributed by atoms with Crippen LogP contribution in [-0.4, -0.2) is 46.9 Å². The molecule has 3 N–H and O–H groups in total. The summed E-state index contributed by atoms with van der Waals surface area (Å²) in [7, 11) is 0. The zero-order chi connectivity index (χ0) is 38.2. The lowest BCUT2D eigenvalue weighted by molar-refractivity contribution is -0.151. The van der Waals surface area contributed by atoms with Gasteiger partial charge in [-0.1, -0.05) is 179 Å². The van der Waals surface area contributed by atoms with Gasteiger partial charge in [-0.05, 0) is 64.2 Å². The smallest absolute Gasteiger partial charge is 0.306 e. The Bertz CT molecular complexity index is 910. The Morgan fingerprint density at radius 3 is 1.65 bits per heavy atom. The number of esters is 1. The Morgan fingerprint density at radius 1 is 0.577 bits per heavy atom. The molecule has 302 valence electrons. The number of carbonyl (C=O) groups is 2. The van der Waals surface area contributed by atoms with Crippen LogP contribution in [0.2, 0.25) is 0 Å². The van der Waals surface area contributed by atoms with Crippen LogP contribution in [0.25, 0.3) is 0 Å². The third kappa shape index (κ3) is 34.9. The number of unbranched alkanes of at least 4 members (excludes halogenated alkanes) is 20. The summed E-state index contributed by atoms with van der Waals surface area (Å²) in [6.07, 6.45) is 46.0. The third-order valence-electron chi connectivity index (χ3n) is 9.70. The molecule has 0 bridgehead atoms. The maximum atomic E-state index is 13.1. The molecule has 0 heterocycles. The highest BCUT2D eigenvalue weighted by molar-refractivity contribution is 5.77. The fourth-order valence-corrected chi connectivity index (χ4v) is 6.37. The van der Waals surface area contributed by atoms with Crippen molar-refractivity contribution >= 4 is 11.9 Å². The second-order valence-electron chi connectivity index (χ2n) is 14.8.